The minimum atomic E-state index is -0.306. The second kappa shape index (κ2) is 5.27. The van der Waals surface area contributed by atoms with Gasteiger partial charge in [0, 0.05) is 26.7 Å². The van der Waals surface area contributed by atoms with Crippen molar-refractivity contribution in [3.63, 3.8) is 0 Å². The van der Waals surface area contributed by atoms with Crippen LogP contribution in [0.4, 0.5) is 5.69 Å². The second-order valence-electron chi connectivity index (χ2n) is 4.38. The van der Waals surface area contributed by atoms with E-state index in [-0.39, 0.29) is 11.9 Å². The molecular weight excluding hydrogens is 230 g/mol. The summed E-state index contributed by atoms with van der Waals surface area (Å²) in [5.74, 6) is 0.836. The van der Waals surface area contributed by atoms with Crippen molar-refractivity contribution in [1.82, 2.24) is 4.90 Å². The number of hydrogen-bond acceptors (Lipinski definition) is 4. The molecule has 1 saturated heterocycles. The van der Waals surface area contributed by atoms with E-state index >= 15 is 0 Å². The summed E-state index contributed by atoms with van der Waals surface area (Å²) in [5, 5.41) is 0. The minimum Gasteiger partial charge on any atom is -0.495 e. The monoisotopic (exact) mass is 249 g/mol. The smallest absolute Gasteiger partial charge is 0.246 e. The number of amides is 1. The van der Waals surface area contributed by atoms with Crippen LogP contribution in [0, 0.1) is 0 Å². The van der Waals surface area contributed by atoms with E-state index in [4.69, 9.17) is 10.5 Å². The highest BCUT2D eigenvalue weighted by Crippen LogP contribution is 2.30. The van der Waals surface area contributed by atoms with E-state index in [0.717, 1.165) is 18.0 Å². The quantitative estimate of drug-likeness (QED) is 0.837. The lowest BCUT2D eigenvalue weighted by Crippen LogP contribution is -2.58. The molecule has 2 N–H and O–H groups in total. The molecule has 5 heteroatoms. The number of ether oxygens (including phenoxy) is 1. The fourth-order valence-electron chi connectivity index (χ4n) is 2.29. The van der Waals surface area contributed by atoms with E-state index in [0.29, 0.717) is 13.1 Å². The summed E-state index contributed by atoms with van der Waals surface area (Å²) in [7, 11) is 3.44. The normalized spacial score (nSPS) is 20.2. The van der Waals surface area contributed by atoms with Crippen molar-refractivity contribution >= 4 is 11.6 Å². The van der Waals surface area contributed by atoms with E-state index in [1.54, 1.807) is 12.0 Å². The first kappa shape index (κ1) is 12.7. The highest BCUT2D eigenvalue weighted by molar-refractivity contribution is 5.87. The lowest BCUT2D eigenvalue weighted by Gasteiger charge is -2.40. The summed E-state index contributed by atoms with van der Waals surface area (Å²) in [4.78, 5) is 15.9. The van der Waals surface area contributed by atoms with Crippen LogP contribution in [-0.4, -0.2) is 50.6 Å². The van der Waals surface area contributed by atoms with E-state index in [2.05, 4.69) is 0 Å². The zero-order valence-corrected chi connectivity index (χ0v) is 10.8. The van der Waals surface area contributed by atoms with Gasteiger partial charge in [0.05, 0.1) is 12.8 Å². The fraction of sp³-hybridized carbons (Fsp3) is 0.462. The fourth-order valence-corrected chi connectivity index (χ4v) is 2.29. The van der Waals surface area contributed by atoms with Crippen molar-refractivity contribution in [3.05, 3.63) is 24.3 Å². The van der Waals surface area contributed by atoms with Gasteiger partial charge in [-0.25, -0.2) is 0 Å². The van der Waals surface area contributed by atoms with Crippen molar-refractivity contribution in [1.29, 1.82) is 0 Å². The molecule has 1 fully saturated rings. The Kier molecular flexibility index (Phi) is 3.72. The third kappa shape index (κ3) is 2.13. The highest BCUT2D eigenvalue weighted by atomic mass is 16.5. The molecular formula is C13H19N3O2. The Morgan fingerprint density at radius 3 is 2.78 bits per heavy atom. The number of nitrogens with two attached hydrogens (primary N) is 1. The van der Waals surface area contributed by atoms with Gasteiger partial charge in [-0.05, 0) is 12.1 Å². The second-order valence-corrected chi connectivity index (χ2v) is 4.38. The Morgan fingerprint density at radius 2 is 2.11 bits per heavy atom. The molecule has 0 aliphatic carbocycles. The van der Waals surface area contributed by atoms with E-state index in [1.165, 1.54) is 0 Å². The lowest BCUT2D eigenvalue weighted by molar-refractivity contribution is -0.132. The SMILES string of the molecule is COc1ccccc1N1CCN(C)C(=O)C1CN. The van der Waals surface area contributed by atoms with Gasteiger partial charge in [0.25, 0.3) is 0 Å². The molecule has 1 aromatic rings. The predicted octanol–water partition coefficient (Wildman–Crippen LogP) is 0.301. The van der Waals surface area contributed by atoms with Crippen LogP contribution in [0.3, 0.4) is 0 Å². The Labute approximate surface area is 107 Å². The van der Waals surface area contributed by atoms with Crippen LogP contribution in [0.1, 0.15) is 0 Å². The van der Waals surface area contributed by atoms with E-state index in [9.17, 15) is 4.79 Å². The van der Waals surface area contributed by atoms with Crippen molar-refractivity contribution in [3.8, 4) is 5.75 Å². The number of nitrogens with zero attached hydrogens (tertiary/aromatic N) is 2. The number of methoxy groups -OCH3 is 1. The van der Waals surface area contributed by atoms with Gasteiger partial charge in [-0.15, -0.1) is 0 Å². The summed E-state index contributed by atoms with van der Waals surface area (Å²) in [5.41, 5.74) is 6.67. The zero-order chi connectivity index (χ0) is 13.1. The van der Waals surface area contributed by atoms with Gasteiger partial charge in [-0.1, -0.05) is 12.1 Å². The molecule has 2 rings (SSSR count). The van der Waals surface area contributed by atoms with Crippen LogP contribution in [0.5, 0.6) is 5.75 Å². The van der Waals surface area contributed by atoms with Crippen LogP contribution < -0.4 is 15.4 Å². The van der Waals surface area contributed by atoms with Crippen molar-refractivity contribution in [2.75, 3.05) is 38.7 Å². The minimum absolute atomic E-state index is 0.0645. The van der Waals surface area contributed by atoms with Gasteiger partial charge >= 0.3 is 0 Å². The summed E-state index contributed by atoms with van der Waals surface area (Å²) >= 11 is 0. The molecule has 5 nitrogen and oxygen atoms in total. The number of hydrogen-bond donors (Lipinski definition) is 1. The summed E-state index contributed by atoms with van der Waals surface area (Å²) in [6.45, 7) is 1.78. The van der Waals surface area contributed by atoms with Crippen LogP contribution in [0.25, 0.3) is 0 Å². The van der Waals surface area contributed by atoms with Gasteiger partial charge < -0.3 is 20.3 Å². The number of anilines is 1. The number of para-hydroxylation sites is 2. The first-order valence-electron chi connectivity index (χ1n) is 6.03. The molecule has 0 spiro atoms. The maximum Gasteiger partial charge on any atom is 0.246 e. The molecule has 1 amide bonds. The third-order valence-electron chi connectivity index (χ3n) is 3.33. The highest BCUT2D eigenvalue weighted by Gasteiger charge is 2.33. The summed E-state index contributed by atoms with van der Waals surface area (Å²) in [6, 6.07) is 7.40. The zero-order valence-electron chi connectivity index (χ0n) is 10.8. The van der Waals surface area contributed by atoms with Gasteiger partial charge in [-0.3, -0.25) is 4.79 Å². The largest absolute Gasteiger partial charge is 0.495 e. The molecule has 1 heterocycles. The Hall–Kier alpha value is -1.75. The van der Waals surface area contributed by atoms with Gasteiger partial charge in [0.1, 0.15) is 11.8 Å². The van der Waals surface area contributed by atoms with Crippen LogP contribution in [0.15, 0.2) is 24.3 Å². The number of carbonyl (C=O) groups is 1. The predicted molar refractivity (Wildman–Crippen MR) is 70.8 cm³/mol. The van der Waals surface area contributed by atoms with Crippen molar-refractivity contribution < 1.29 is 9.53 Å². The number of carbonyl (C=O) groups excluding carboxylic acids is 1. The molecule has 1 aliphatic heterocycles. The average Bonchev–Trinajstić information content (AvgIpc) is 2.41. The number of rotatable bonds is 3. The van der Waals surface area contributed by atoms with Crippen LogP contribution in [0.2, 0.25) is 0 Å². The van der Waals surface area contributed by atoms with Crippen LogP contribution >= 0.6 is 0 Å². The Morgan fingerprint density at radius 1 is 1.39 bits per heavy atom. The van der Waals surface area contributed by atoms with E-state index < -0.39 is 0 Å². The Balaban J connectivity index is 2.34. The maximum atomic E-state index is 12.1. The van der Waals surface area contributed by atoms with Gasteiger partial charge in [-0.2, -0.15) is 0 Å². The molecule has 0 aromatic heterocycles. The maximum absolute atomic E-state index is 12.1. The molecule has 0 radical (unpaired) electrons. The van der Waals surface area contributed by atoms with Crippen molar-refractivity contribution in [2.24, 2.45) is 5.73 Å². The first-order chi connectivity index (χ1) is 8.69. The van der Waals surface area contributed by atoms with Gasteiger partial charge in [0.2, 0.25) is 5.91 Å². The molecule has 0 saturated carbocycles. The Bertz CT molecular complexity index is 436. The van der Waals surface area contributed by atoms with Crippen LogP contribution in [-0.2, 0) is 4.79 Å². The molecule has 1 atom stereocenters. The molecule has 18 heavy (non-hydrogen) atoms. The van der Waals surface area contributed by atoms with Gasteiger partial charge in [0.15, 0.2) is 0 Å². The summed E-state index contributed by atoms with van der Waals surface area (Å²) in [6.07, 6.45) is 0. The molecule has 1 unspecified atom stereocenters. The number of piperazine rings is 1. The standard InChI is InChI=1S/C13H19N3O2/c1-15-7-8-16(11(9-14)13(15)17)10-5-3-4-6-12(10)18-2/h3-6,11H,7-9,14H2,1-2H3. The first-order valence-corrected chi connectivity index (χ1v) is 6.03. The molecule has 1 aromatic carbocycles. The number of benzene rings is 1. The lowest BCUT2D eigenvalue weighted by atomic mass is 10.1. The molecule has 0 bridgehead atoms. The topological polar surface area (TPSA) is 58.8 Å². The number of likely N-dealkylation sites (N-methyl/N-ethyl adjacent to an activating group) is 1. The van der Waals surface area contributed by atoms with E-state index in [1.807, 2.05) is 36.2 Å². The molecule has 98 valence electrons. The summed E-state index contributed by atoms with van der Waals surface area (Å²) < 4.78 is 5.35. The molecule has 1 aliphatic rings. The van der Waals surface area contributed by atoms with Crippen molar-refractivity contribution in [2.45, 2.75) is 6.04 Å². The third-order valence-corrected chi connectivity index (χ3v) is 3.33. The average molecular weight is 249 g/mol.